The van der Waals surface area contributed by atoms with E-state index in [1.54, 1.807) is 0 Å². The molecule has 6 heteroatoms. The predicted molar refractivity (Wildman–Crippen MR) is 103 cm³/mol. The third-order valence-corrected chi connectivity index (χ3v) is 5.04. The van der Waals surface area contributed by atoms with E-state index in [1.165, 1.54) is 28.5 Å². The second kappa shape index (κ2) is 9.87. The molecule has 2 aromatic rings. The van der Waals surface area contributed by atoms with E-state index in [4.69, 9.17) is 4.74 Å². The van der Waals surface area contributed by atoms with E-state index in [1.807, 2.05) is 62.4 Å². The number of hydrogen-bond acceptors (Lipinski definition) is 4. The average molecular weight is 373 g/mol. The van der Waals surface area contributed by atoms with Crippen LogP contribution < -0.4 is 5.32 Å². The lowest BCUT2D eigenvalue weighted by molar-refractivity contribution is -0.138. The summed E-state index contributed by atoms with van der Waals surface area (Å²) in [5.41, 5.74) is 4.41. The van der Waals surface area contributed by atoms with E-state index < -0.39 is 18.1 Å². The first kappa shape index (κ1) is 19.8. The van der Waals surface area contributed by atoms with E-state index in [9.17, 15) is 14.7 Å². The maximum Gasteiger partial charge on any atom is 0.408 e. The van der Waals surface area contributed by atoms with E-state index in [0.717, 1.165) is 5.56 Å². The van der Waals surface area contributed by atoms with Gasteiger partial charge in [-0.3, -0.25) is 0 Å². The maximum absolute atomic E-state index is 11.9. The fraction of sp³-hybridized carbons (Fsp3) is 0.300. The number of benzene rings is 2. The van der Waals surface area contributed by atoms with Crippen molar-refractivity contribution in [3.05, 3.63) is 70.8 Å². The SMILES string of the molecule is Cc1cccc(C)c1CSCC(NC(=O)OCc1ccccc1)C(=O)O. The number of rotatable bonds is 8. The van der Waals surface area contributed by atoms with E-state index in [2.05, 4.69) is 5.32 Å². The van der Waals surface area contributed by atoms with Gasteiger partial charge in [0.05, 0.1) is 0 Å². The molecule has 138 valence electrons. The smallest absolute Gasteiger partial charge is 0.408 e. The van der Waals surface area contributed by atoms with Crippen molar-refractivity contribution in [1.29, 1.82) is 0 Å². The van der Waals surface area contributed by atoms with Crippen LogP contribution in [0.15, 0.2) is 48.5 Å². The number of hydrogen-bond donors (Lipinski definition) is 2. The van der Waals surface area contributed by atoms with Gasteiger partial charge in [-0.2, -0.15) is 11.8 Å². The summed E-state index contributed by atoms with van der Waals surface area (Å²) in [5.74, 6) is -0.109. The molecule has 1 atom stereocenters. The minimum atomic E-state index is -1.07. The van der Waals surface area contributed by atoms with Crippen LogP contribution in [-0.4, -0.2) is 29.0 Å². The van der Waals surface area contributed by atoms with E-state index in [-0.39, 0.29) is 12.4 Å². The first-order valence-electron chi connectivity index (χ1n) is 8.30. The summed E-state index contributed by atoms with van der Waals surface area (Å²) < 4.78 is 5.09. The number of carbonyl (C=O) groups is 2. The fourth-order valence-electron chi connectivity index (χ4n) is 2.44. The summed E-state index contributed by atoms with van der Waals surface area (Å²) in [4.78, 5) is 23.3. The van der Waals surface area contributed by atoms with Crippen LogP contribution in [0.2, 0.25) is 0 Å². The van der Waals surface area contributed by atoms with Gasteiger partial charge in [0.25, 0.3) is 0 Å². The van der Waals surface area contributed by atoms with Crippen molar-refractivity contribution in [2.24, 2.45) is 0 Å². The number of carboxylic acid groups (broad SMARTS) is 1. The standard InChI is InChI=1S/C20H23NO4S/c1-14-7-6-8-15(2)17(14)12-26-13-18(19(22)23)21-20(24)25-11-16-9-4-3-5-10-16/h3-10,18H,11-13H2,1-2H3,(H,21,24)(H,22,23). The molecule has 2 aromatic carbocycles. The van der Waals surface area contributed by atoms with Crippen molar-refractivity contribution < 1.29 is 19.4 Å². The van der Waals surface area contributed by atoms with Gasteiger partial charge in [-0.25, -0.2) is 9.59 Å². The Bertz CT molecular complexity index is 728. The highest BCUT2D eigenvalue weighted by Gasteiger charge is 2.21. The molecule has 2 rings (SSSR count). The number of aliphatic carboxylic acids is 1. The van der Waals surface area contributed by atoms with Gasteiger partial charge < -0.3 is 15.2 Å². The van der Waals surface area contributed by atoms with Crippen molar-refractivity contribution in [3.63, 3.8) is 0 Å². The highest BCUT2D eigenvalue weighted by atomic mass is 32.2. The lowest BCUT2D eigenvalue weighted by atomic mass is 10.1. The molecule has 0 fully saturated rings. The van der Waals surface area contributed by atoms with Crippen LogP contribution >= 0.6 is 11.8 Å². The highest BCUT2D eigenvalue weighted by Crippen LogP contribution is 2.20. The minimum Gasteiger partial charge on any atom is -0.480 e. The van der Waals surface area contributed by atoms with Crippen molar-refractivity contribution in [2.75, 3.05) is 5.75 Å². The van der Waals surface area contributed by atoms with Gasteiger partial charge >= 0.3 is 12.1 Å². The van der Waals surface area contributed by atoms with Crippen molar-refractivity contribution >= 4 is 23.8 Å². The summed E-state index contributed by atoms with van der Waals surface area (Å²) >= 11 is 1.48. The normalized spacial score (nSPS) is 11.6. The third kappa shape index (κ3) is 6.11. The Morgan fingerprint density at radius 3 is 2.35 bits per heavy atom. The van der Waals surface area contributed by atoms with Gasteiger partial charge in [0.15, 0.2) is 0 Å². The van der Waals surface area contributed by atoms with Crippen LogP contribution in [0.1, 0.15) is 22.3 Å². The second-order valence-electron chi connectivity index (χ2n) is 5.98. The Morgan fingerprint density at radius 2 is 1.73 bits per heavy atom. The van der Waals surface area contributed by atoms with Crippen molar-refractivity contribution in [1.82, 2.24) is 5.32 Å². The Hall–Kier alpha value is -2.47. The topological polar surface area (TPSA) is 75.6 Å². The first-order chi connectivity index (χ1) is 12.5. The molecule has 5 nitrogen and oxygen atoms in total. The quantitative estimate of drug-likeness (QED) is 0.734. The Kier molecular flexibility index (Phi) is 7.53. The molecule has 1 unspecified atom stereocenters. The number of carboxylic acids is 1. The van der Waals surface area contributed by atoms with Crippen LogP contribution in [0.5, 0.6) is 0 Å². The fourth-order valence-corrected chi connectivity index (χ4v) is 3.68. The molecule has 2 N–H and O–H groups in total. The molecule has 26 heavy (non-hydrogen) atoms. The van der Waals surface area contributed by atoms with Crippen molar-refractivity contribution in [3.8, 4) is 0 Å². The molecular weight excluding hydrogens is 350 g/mol. The summed E-state index contributed by atoms with van der Waals surface area (Å²) in [6.45, 7) is 4.18. The molecule has 0 bridgehead atoms. The molecule has 0 heterocycles. The lowest BCUT2D eigenvalue weighted by Gasteiger charge is -2.15. The number of amides is 1. The minimum absolute atomic E-state index is 0.106. The van der Waals surface area contributed by atoms with Gasteiger partial charge in [0.1, 0.15) is 12.6 Å². The lowest BCUT2D eigenvalue weighted by Crippen LogP contribution is -2.42. The molecule has 0 aliphatic carbocycles. The molecule has 0 saturated carbocycles. The van der Waals surface area contributed by atoms with Gasteiger partial charge in [0, 0.05) is 11.5 Å². The maximum atomic E-state index is 11.9. The van der Waals surface area contributed by atoms with Crippen LogP contribution in [0, 0.1) is 13.8 Å². The largest absolute Gasteiger partial charge is 0.480 e. The first-order valence-corrected chi connectivity index (χ1v) is 9.45. The molecule has 0 radical (unpaired) electrons. The number of thioether (sulfide) groups is 1. The van der Waals surface area contributed by atoms with Gasteiger partial charge in [-0.05, 0) is 36.1 Å². The zero-order valence-electron chi connectivity index (χ0n) is 14.9. The second-order valence-corrected chi connectivity index (χ2v) is 7.01. The zero-order chi connectivity index (χ0) is 18.9. The Labute approximate surface area is 157 Å². The third-order valence-electron chi connectivity index (χ3n) is 3.98. The van der Waals surface area contributed by atoms with E-state index >= 15 is 0 Å². The van der Waals surface area contributed by atoms with Crippen molar-refractivity contribution in [2.45, 2.75) is 32.2 Å². The average Bonchev–Trinajstić information content (AvgIpc) is 2.62. The monoisotopic (exact) mass is 373 g/mol. The number of nitrogens with one attached hydrogen (secondary N) is 1. The summed E-state index contributed by atoms with van der Waals surface area (Å²) in [7, 11) is 0. The molecule has 0 aliphatic heterocycles. The van der Waals surface area contributed by atoms with Crippen LogP contribution in [0.3, 0.4) is 0 Å². The van der Waals surface area contributed by atoms with Gasteiger partial charge in [-0.1, -0.05) is 48.5 Å². The van der Waals surface area contributed by atoms with Gasteiger partial charge in [0.2, 0.25) is 0 Å². The zero-order valence-corrected chi connectivity index (χ0v) is 15.7. The van der Waals surface area contributed by atoms with Crippen LogP contribution in [-0.2, 0) is 21.9 Å². The summed E-state index contributed by atoms with van der Waals surface area (Å²) in [5, 5.41) is 11.8. The Morgan fingerprint density at radius 1 is 1.08 bits per heavy atom. The molecule has 1 amide bonds. The molecule has 0 aliphatic rings. The number of ether oxygens (including phenoxy) is 1. The number of aryl methyl sites for hydroxylation is 2. The summed E-state index contributed by atoms with van der Waals surface area (Å²) in [6, 6.07) is 14.3. The number of carbonyl (C=O) groups excluding carboxylic acids is 1. The van der Waals surface area contributed by atoms with Crippen LogP contribution in [0.25, 0.3) is 0 Å². The van der Waals surface area contributed by atoms with Gasteiger partial charge in [-0.15, -0.1) is 0 Å². The molecular formula is C20H23NO4S. The molecule has 0 saturated heterocycles. The highest BCUT2D eigenvalue weighted by molar-refractivity contribution is 7.98. The number of alkyl carbamates (subject to hydrolysis) is 1. The summed E-state index contributed by atoms with van der Waals surface area (Å²) in [6.07, 6.45) is -0.728. The van der Waals surface area contributed by atoms with E-state index in [0.29, 0.717) is 5.75 Å². The molecule has 0 spiro atoms. The molecule has 0 aromatic heterocycles. The van der Waals surface area contributed by atoms with Crippen LogP contribution in [0.4, 0.5) is 4.79 Å². The predicted octanol–water partition coefficient (Wildman–Crippen LogP) is 3.92. The Balaban J connectivity index is 1.82.